The number of halogens is 6. The molecule has 1 N–H and O–H groups in total. The molecule has 1 amide bonds. The van der Waals surface area contributed by atoms with Gasteiger partial charge in [-0.25, -0.2) is 16.8 Å². The number of nitrogens with one attached hydrogen (secondary N) is 1. The molecular formula is C10H13F6NO5S2. The van der Waals surface area contributed by atoms with E-state index < -0.39 is 54.0 Å². The Bertz CT molecular complexity index is 621. The summed E-state index contributed by atoms with van der Waals surface area (Å²) in [6.07, 6.45) is -1.43. The van der Waals surface area contributed by atoms with Crippen LogP contribution in [0.1, 0.15) is 19.3 Å². The largest absolute Gasteiger partial charge is 0.498 e. The van der Waals surface area contributed by atoms with Crippen molar-refractivity contribution in [3.05, 3.63) is 12.7 Å². The fraction of sp³-hybridized carbons (Fsp3) is 0.700. The summed E-state index contributed by atoms with van der Waals surface area (Å²) in [4.78, 5) is 10.8. The molecule has 14 heteroatoms. The van der Waals surface area contributed by atoms with Gasteiger partial charge in [-0.1, -0.05) is 6.58 Å². The van der Waals surface area contributed by atoms with Gasteiger partial charge in [0.05, 0.1) is 0 Å². The average molecular weight is 405 g/mol. The van der Waals surface area contributed by atoms with E-state index in [0.717, 1.165) is 6.08 Å². The predicted octanol–water partition coefficient (Wildman–Crippen LogP) is 1.65. The zero-order chi connectivity index (χ0) is 19.4. The van der Waals surface area contributed by atoms with E-state index in [1.807, 2.05) is 0 Å². The van der Waals surface area contributed by atoms with Crippen LogP contribution in [0.4, 0.5) is 26.3 Å². The Morgan fingerprint density at radius 3 is 1.71 bits per heavy atom. The highest BCUT2D eigenvalue weighted by molar-refractivity contribution is 8.09. The Morgan fingerprint density at radius 1 is 0.958 bits per heavy atom. The molecule has 0 radical (unpaired) electrons. The molecule has 0 spiro atoms. The molecule has 0 aromatic rings. The fourth-order valence-corrected chi connectivity index (χ4v) is 5.03. The highest BCUT2D eigenvalue weighted by Crippen LogP contribution is 2.38. The fourth-order valence-electron chi connectivity index (χ4n) is 1.49. The van der Waals surface area contributed by atoms with E-state index in [1.165, 1.54) is 0 Å². The summed E-state index contributed by atoms with van der Waals surface area (Å²) < 4.78 is 116. The first kappa shape index (κ1) is 22.7. The number of alkyl halides is 6. The van der Waals surface area contributed by atoms with Crippen molar-refractivity contribution in [2.75, 3.05) is 6.54 Å². The molecular weight excluding hydrogens is 392 g/mol. The van der Waals surface area contributed by atoms with Gasteiger partial charge in [-0.2, -0.15) is 26.3 Å². The number of hydrogen-bond acceptors (Lipinski definition) is 5. The van der Waals surface area contributed by atoms with Crippen LogP contribution < -0.4 is 5.32 Å². The molecule has 0 bridgehead atoms. The van der Waals surface area contributed by atoms with Crippen LogP contribution in [-0.4, -0.2) is 44.9 Å². The predicted molar refractivity (Wildman–Crippen MR) is 70.8 cm³/mol. The summed E-state index contributed by atoms with van der Waals surface area (Å²) in [5, 5.41) is 2.14. The Kier molecular flexibility index (Phi) is 7.29. The molecule has 0 rings (SSSR count). The molecule has 0 atom stereocenters. The topological polar surface area (TPSA) is 97.4 Å². The van der Waals surface area contributed by atoms with Crippen LogP contribution in [0, 0.1) is 0 Å². The van der Waals surface area contributed by atoms with Crippen LogP contribution in [0.5, 0.6) is 0 Å². The lowest BCUT2D eigenvalue weighted by Crippen LogP contribution is -2.44. The lowest BCUT2D eigenvalue weighted by Gasteiger charge is -2.20. The molecule has 0 saturated carbocycles. The van der Waals surface area contributed by atoms with Gasteiger partial charge in [-0.05, 0) is 25.3 Å². The van der Waals surface area contributed by atoms with E-state index in [1.54, 1.807) is 0 Å². The van der Waals surface area contributed by atoms with Gasteiger partial charge in [0.2, 0.25) is 5.91 Å². The third kappa shape index (κ3) is 5.36. The Labute approximate surface area is 133 Å². The smallest absolute Gasteiger partial charge is 0.353 e. The number of amides is 1. The van der Waals surface area contributed by atoms with Gasteiger partial charge >= 0.3 is 11.0 Å². The summed E-state index contributed by atoms with van der Waals surface area (Å²) in [6, 6.07) is 0. The van der Waals surface area contributed by atoms with Crippen molar-refractivity contribution in [3.8, 4) is 0 Å². The van der Waals surface area contributed by atoms with Crippen LogP contribution in [0.15, 0.2) is 12.7 Å². The van der Waals surface area contributed by atoms with Crippen molar-refractivity contribution >= 4 is 25.6 Å². The SMILES string of the molecule is C=CC(=O)NCCCCC(S(=O)(=O)C(F)(F)F)S(=O)(=O)C(F)(F)F. The summed E-state index contributed by atoms with van der Waals surface area (Å²) in [7, 11) is -13.2. The van der Waals surface area contributed by atoms with E-state index in [0.29, 0.717) is 0 Å². The van der Waals surface area contributed by atoms with Gasteiger partial charge in [0.15, 0.2) is 4.58 Å². The van der Waals surface area contributed by atoms with Crippen molar-refractivity contribution in [2.24, 2.45) is 0 Å². The second-order valence-electron chi connectivity index (χ2n) is 4.40. The molecule has 6 nitrogen and oxygen atoms in total. The standard InChI is InChI=1S/C10H13F6NO5S2/c1-2-7(18)17-6-4-3-5-8(23(19,20)9(11,12)13)24(21,22)10(14,15)16/h2,8H,1,3-6H2,(H,17,18). The molecule has 0 aliphatic heterocycles. The van der Waals surface area contributed by atoms with Gasteiger partial charge in [-0.3, -0.25) is 4.79 Å². The Balaban J connectivity index is 5.34. The van der Waals surface area contributed by atoms with Crippen LogP contribution in [0.3, 0.4) is 0 Å². The van der Waals surface area contributed by atoms with Gasteiger partial charge < -0.3 is 5.32 Å². The number of hydrogen-bond donors (Lipinski definition) is 1. The molecule has 0 aliphatic carbocycles. The van der Waals surface area contributed by atoms with Crippen LogP contribution >= 0.6 is 0 Å². The maximum absolute atomic E-state index is 12.4. The van der Waals surface area contributed by atoms with Crippen LogP contribution in [0.2, 0.25) is 0 Å². The minimum Gasteiger partial charge on any atom is -0.353 e. The first-order valence-corrected chi connectivity index (χ1v) is 9.19. The third-order valence-electron chi connectivity index (χ3n) is 2.69. The second-order valence-corrected chi connectivity index (χ2v) is 8.94. The van der Waals surface area contributed by atoms with Crippen molar-refractivity contribution in [1.29, 1.82) is 0 Å². The maximum atomic E-state index is 12.4. The highest BCUT2D eigenvalue weighted by atomic mass is 32.3. The lowest BCUT2D eigenvalue weighted by atomic mass is 10.2. The van der Waals surface area contributed by atoms with Crippen molar-refractivity contribution < 1.29 is 48.0 Å². The summed E-state index contributed by atoms with van der Waals surface area (Å²) in [6.45, 7) is 2.87. The highest BCUT2D eigenvalue weighted by Gasteiger charge is 2.62. The average Bonchev–Trinajstić information content (AvgIpc) is 2.39. The molecule has 0 aliphatic rings. The maximum Gasteiger partial charge on any atom is 0.498 e. The van der Waals surface area contributed by atoms with E-state index in [4.69, 9.17) is 0 Å². The quantitative estimate of drug-likeness (QED) is 0.376. The van der Waals surface area contributed by atoms with Crippen LogP contribution in [-0.2, 0) is 24.5 Å². The lowest BCUT2D eigenvalue weighted by molar-refractivity contribution is -0.116. The summed E-state index contributed by atoms with van der Waals surface area (Å²) in [5.41, 5.74) is -12.3. The van der Waals surface area contributed by atoms with E-state index >= 15 is 0 Å². The molecule has 0 saturated heterocycles. The summed E-state index contributed by atoms with van der Waals surface area (Å²) >= 11 is 0. The van der Waals surface area contributed by atoms with Gasteiger partial charge in [0, 0.05) is 6.54 Å². The summed E-state index contributed by atoms with van der Waals surface area (Å²) in [5.74, 6) is -0.669. The number of carbonyl (C=O) groups is 1. The van der Waals surface area contributed by atoms with Crippen molar-refractivity contribution in [1.82, 2.24) is 5.32 Å². The zero-order valence-electron chi connectivity index (χ0n) is 11.8. The Hall–Kier alpha value is -1.31. The van der Waals surface area contributed by atoms with Crippen molar-refractivity contribution in [2.45, 2.75) is 34.9 Å². The van der Waals surface area contributed by atoms with E-state index in [9.17, 15) is 48.0 Å². The minimum atomic E-state index is -6.60. The first-order chi connectivity index (χ1) is 10.6. The molecule has 0 heterocycles. The molecule has 0 aromatic heterocycles. The molecule has 0 unspecified atom stereocenters. The number of unbranched alkanes of at least 4 members (excludes halogenated alkanes) is 1. The van der Waals surface area contributed by atoms with Gasteiger partial charge in [-0.15, -0.1) is 0 Å². The monoisotopic (exact) mass is 405 g/mol. The molecule has 24 heavy (non-hydrogen) atoms. The first-order valence-electron chi connectivity index (χ1n) is 6.09. The van der Waals surface area contributed by atoms with Crippen LogP contribution in [0.25, 0.3) is 0 Å². The second kappa shape index (κ2) is 7.72. The number of rotatable bonds is 8. The number of sulfone groups is 2. The van der Waals surface area contributed by atoms with Gasteiger partial charge in [0.25, 0.3) is 19.7 Å². The van der Waals surface area contributed by atoms with E-state index in [2.05, 4.69) is 11.9 Å². The van der Waals surface area contributed by atoms with Crippen molar-refractivity contribution in [3.63, 3.8) is 0 Å². The Morgan fingerprint density at radius 2 is 1.38 bits per heavy atom. The minimum absolute atomic E-state index is 0.213. The zero-order valence-corrected chi connectivity index (χ0v) is 13.4. The van der Waals surface area contributed by atoms with E-state index in [-0.39, 0.29) is 13.0 Å². The molecule has 142 valence electrons. The van der Waals surface area contributed by atoms with Gasteiger partial charge in [0.1, 0.15) is 0 Å². The normalized spacial score (nSPS) is 13.8. The molecule has 0 aromatic carbocycles. The third-order valence-corrected chi connectivity index (χ3v) is 7.36. The number of carbonyl (C=O) groups excluding carboxylic acids is 1. The molecule has 0 fully saturated rings.